The van der Waals surface area contributed by atoms with Gasteiger partial charge in [0.05, 0.1) is 23.5 Å². The van der Waals surface area contributed by atoms with Gasteiger partial charge in [-0.25, -0.2) is 4.79 Å². The third-order valence-electron chi connectivity index (χ3n) is 11.7. The molecule has 1 aromatic heterocycles. The standard InChI is InChI=1S/C35H43NO13/c1-8-22(40)47-25-16(2)12-35(43)24(25)29(45-17(3)37)34-15-44-33(7,31(35)46-18(4)38)27(34)23-21(13-32(23,6)49-19(5)39)26(28(34)41)48-30(42)20-10-9-11-36-14-20/h9-11,14,16,21,23-27,29,31,43H,8,12-13,15H2,1-7H3. The fraction of sp³-hybridized carbons (Fsp3) is 0.686. The van der Waals surface area contributed by atoms with Gasteiger partial charge in [-0.3, -0.25) is 29.0 Å². The minimum Gasteiger partial charge on any atom is -0.462 e. The lowest BCUT2D eigenvalue weighted by atomic mass is 9.42. The van der Waals surface area contributed by atoms with E-state index < -0.39 is 118 Å². The van der Waals surface area contributed by atoms with E-state index in [1.807, 2.05) is 0 Å². The normalized spacial score (nSPS) is 43.0. The van der Waals surface area contributed by atoms with Crippen LogP contribution in [-0.2, 0) is 52.4 Å². The molecular formula is C35H43NO13. The van der Waals surface area contributed by atoms with Crippen molar-refractivity contribution in [2.24, 2.45) is 35.0 Å². The average Bonchev–Trinajstić information content (AvgIpc) is 3.44. The smallest absolute Gasteiger partial charge is 0.340 e. The molecule has 2 bridgehead atoms. The molecule has 5 fully saturated rings. The van der Waals surface area contributed by atoms with Crippen LogP contribution < -0.4 is 0 Å². The zero-order valence-corrected chi connectivity index (χ0v) is 28.6. The first-order chi connectivity index (χ1) is 22.9. The fourth-order valence-corrected chi connectivity index (χ4v) is 10.2. The second kappa shape index (κ2) is 11.9. The number of esters is 5. The number of hydrogen-bond donors (Lipinski definition) is 1. The Morgan fingerprint density at radius 2 is 1.67 bits per heavy atom. The molecule has 0 aromatic carbocycles. The Bertz CT molecular complexity index is 1580. The van der Waals surface area contributed by atoms with Crippen molar-refractivity contribution in [2.75, 3.05) is 6.61 Å². The van der Waals surface area contributed by atoms with Gasteiger partial charge in [0.1, 0.15) is 29.0 Å². The van der Waals surface area contributed by atoms with Gasteiger partial charge >= 0.3 is 29.8 Å². The number of carbonyl (C=O) groups is 6. The number of ether oxygens (including phenoxy) is 6. The lowest BCUT2D eigenvalue weighted by Gasteiger charge is -2.64. The van der Waals surface area contributed by atoms with Crippen LogP contribution in [-0.4, -0.2) is 93.5 Å². The van der Waals surface area contributed by atoms with Crippen molar-refractivity contribution >= 4 is 35.6 Å². The average molecular weight is 686 g/mol. The number of carbonyl (C=O) groups excluding carboxylic acids is 6. The van der Waals surface area contributed by atoms with Crippen molar-refractivity contribution in [3.8, 4) is 0 Å². The Morgan fingerprint density at radius 1 is 0.980 bits per heavy atom. The monoisotopic (exact) mass is 685 g/mol. The van der Waals surface area contributed by atoms with Crippen molar-refractivity contribution in [1.82, 2.24) is 4.98 Å². The maximum Gasteiger partial charge on any atom is 0.340 e. The molecule has 6 rings (SSSR count). The van der Waals surface area contributed by atoms with E-state index in [0.29, 0.717) is 0 Å². The van der Waals surface area contributed by atoms with E-state index in [1.165, 1.54) is 32.3 Å². The van der Waals surface area contributed by atoms with Crippen LogP contribution in [0.15, 0.2) is 24.5 Å². The van der Waals surface area contributed by atoms with Gasteiger partial charge in [0, 0.05) is 57.3 Å². The Hall–Kier alpha value is -3.91. The molecule has 2 heterocycles. The minimum atomic E-state index is -2.04. The van der Waals surface area contributed by atoms with E-state index in [2.05, 4.69) is 4.98 Å². The number of rotatable bonds is 7. The second-order valence-corrected chi connectivity index (χ2v) is 14.7. The molecule has 4 saturated carbocycles. The predicted molar refractivity (Wildman–Crippen MR) is 164 cm³/mol. The molecule has 1 aromatic rings. The molecule has 13 unspecified atom stereocenters. The van der Waals surface area contributed by atoms with Gasteiger partial charge in [-0.2, -0.15) is 0 Å². The molecule has 1 aliphatic heterocycles. The molecule has 4 aliphatic carbocycles. The number of Topliss-reactive ketones (excluding diaryl/α,β-unsaturated/α-hetero) is 1. The number of pyridine rings is 1. The van der Waals surface area contributed by atoms with E-state index in [4.69, 9.17) is 28.4 Å². The van der Waals surface area contributed by atoms with Gasteiger partial charge in [-0.1, -0.05) is 13.8 Å². The summed E-state index contributed by atoms with van der Waals surface area (Å²) in [5.41, 5.74) is -6.65. The van der Waals surface area contributed by atoms with Gasteiger partial charge < -0.3 is 33.5 Å². The summed E-state index contributed by atoms with van der Waals surface area (Å²) >= 11 is 0. The Morgan fingerprint density at radius 3 is 2.27 bits per heavy atom. The van der Waals surface area contributed by atoms with Crippen molar-refractivity contribution in [2.45, 2.75) is 109 Å². The molecule has 1 N–H and O–H groups in total. The summed E-state index contributed by atoms with van der Waals surface area (Å²) in [6.07, 6.45) is -2.62. The third-order valence-corrected chi connectivity index (χ3v) is 11.7. The SMILES string of the molecule is CCC(=O)OC1C(C)CC2(O)C1C(OC(C)=O)C13COC(C)(C2OC(C)=O)C1C1C(CC1(C)OC(C)=O)C(OC(=O)c1cccnc1)C3=O. The van der Waals surface area contributed by atoms with E-state index in [0.717, 1.165) is 6.92 Å². The van der Waals surface area contributed by atoms with Gasteiger partial charge in [-0.05, 0) is 44.7 Å². The topological polar surface area (TPSA) is 191 Å². The second-order valence-electron chi connectivity index (χ2n) is 14.7. The van der Waals surface area contributed by atoms with Crippen LogP contribution in [0.4, 0.5) is 0 Å². The maximum atomic E-state index is 15.3. The number of aliphatic hydroxyl groups is 1. The molecule has 0 spiro atoms. The summed E-state index contributed by atoms with van der Waals surface area (Å²) in [7, 11) is 0. The first-order valence-corrected chi connectivity index (χ1v) is 16.7. The van der Waals surface area contributed by atoms with Crippen LogP contribution in [0.3, 0.4) is 0 Å². The summed E-state index contributed by atoms with van der Waals surface area (Å²) in [5.74, 6) is -8.47. The Balaban J connectivity index is 1.61. The molecule has 0 amide bonds. The summed E-state index contributed by atoms with van der Waals surface area (Å²) in [4.78, 5) is 84.0. The summed E-state index contributed by atoms with van der Waals surface area (Å²) < 4.78 is 36.5. The molecular weight excluding hydrogens is 642 g/mol. The van der Waals surface area contributed by atoms with Crippen LogP contribution in [0.5, 0.6) is 0 Å². The van der Waals surface area contributed by atoms with Crippen LogP contribution in [0.25, 0.3) is 0 Å². The number of fused-ring (bicyclic) bond motifs is 2. The minimum absolute atomic E-state index is 0.00433. The zero-order chi connectivity index (χ0) is 35.8. The van der Waals surface area contributed by atoms with Crippen molar-refractivity contribution in [1.29, 1.82) is 0 Å². The lowest BCUT2D eigenvalue weighted by Crippen LogP contribution is -2.75. The highest BCUT2D eigenvalue weighted by Crippen LogP contribution is 2.72. The van der Waals surface area contributed by atoms with E-state index in [1.54, 1.807) is 33.8 Å². The molecule has 5 aliphatic rings. The molecule has 14 heteroatoms. The highest BCUT2D eigenvalue weighted by molar-refractivity contribution is 5.97. The molecule has 1 saturated heterocycles. The molecule has 0 radical (unpaired) electrons. The highest BCUT2D eigenvalue weighted by atomic mass is 16.6. The quantitative estimate of drug-likeness (QED) is 0.324. The molecule has 13 atom stereocenters. The molecule has 14 nitrogen and oxygen atoms in total. The summed E-state index contributed by atoms with van der Waals surface area (Å²) in [6, 6.07) is 3.04. The number of nitrogens with zero attached hydrogens (tertiary/aromatic N) is 1. The van der Waals surface area contributed by atoms with Crippen molar-refractivity contribution in [3.63, 3.8) is 0 Å². The van der Waals surface area contributed by atoms with Gasteiger partial charge in [0.15, 0.2) is 18.0 Å². The van der Waals surface area contributed by atoms with Crippen LogP contribution in [0.1, 0.15) is 78.1 Å². The Labute approximate surface area is 283 Å². The number of ketones is 1. The van der Waals surface area contributed by atoms with Crippen LogP contribution in [0, 0.1) is 35.0 Å². The largest absolute Gasteiger partial charge is 0.462 e. The van der Waals surface area contributed by atoms with Gasteiger partial charge in [0.2, 0.25) is 0 Å². The fourth-order valence-electron chi connectivity index (χ4n) is 10.2. The first kappa shape index (κ1) is 34.9. The molecule has 266 valence electrons. The van der Waals surface area contributed by atoms with E-state index in [9.17, 15) is 29.1 Å². The van der Waals surface area contributed by atoms with Gasteiger partial charge in [0.25, 0.3) is 0 Å². The number of hydrogen-bond acceptors (Lipinski definition) is 14. The van der Waals surface area contributed by atoms with E-state index in [-0.39, 0.29) is 24.8 Å². The van der Waals surface area contributed by atoms with E-state index >= 15 is 4.79 Å². The predicted octanol–water partition coefficient (Wildman–Crippen LogP) is 2.13. The molecule has 49 heavy (non-hydrogen) atoms. The zero-order valence-electron chi connectivity index (χ0n) is 28.6. The van der Waals surface area contributed by atoms with Crippen molar-refractivity contribution < 1.29 is 62.3 Å². The summed E-state index contributed by atoms with van der Waals surface area (Å²) in [6.45, 7) is 9.89. The van der Waals surface area contributed by atoms with Crippen molar-refractivity contribution in [3.05, 3.63) is 30.1 Å². The van der Waals surface area contributed by atoms with Gasteiger partial charge in [-0.15, -0.1) is 0 Å². The van der Waals surface area contributed by atoms with Crippen LogP contribution in [0.2, 0.25) is 0 Å². The lowest BCUT2D eigenvalue weighted by molar-refractivity contribution is -0.257. The maximum absolute atomic E-state index is 15.3. The third kappa shape index (κ3) is 5.07. The first-order valence-electron chi connectivity index (χ1n) is 16.7. The number of aromatic nitrogens is 1. The summed E-state index contributed by atoms with van der Waals surface area (Å²) in [5, 5.41) is 12.9. The van der Waals surface area contributed by atoms with Crippen LogP contribution >= 0.6 is 0 Å². The highest BCUT2D eigenvalue weighted by Gasteiger charge is 2.86. The Kier molecular flexibility index (Phi) is 8.45.